The lowest BCUT2D eigenvalue weighted by molar-refractivity contribution is 0.222. The van der Waals surface area contributed by atoms with Crippen LogP contribution in [0.2, 0.25) is 0 Å². The van der Waals surface area contributed by atoms with E-state index in [-0.39, 0.29) is 6.03 Å². The summed E-state index contributed by atoms with van der Waals surface area (Å²) >= 11 is 0. The Bertz CT molecular complexity index is 461. The topological polar surface area (TPSA) is 66.5 Å². The molecule has 0 spiro atoms. The normalized spacial score (nSPS) is 16.5. The fourth-order valence-corrected chi connectivity index (χ4v) is 2.66. The smallest absolute Gasteiger partial charge is 0.319 e. The van der Waals surface area contributed by atoms with Crippen LogP contribution >= 0.6 is 0 Å². The lowest BCUT2D eigenvalue weighted by Gasteiger charge is -2.26. The molecule has 1 aromatic rings. The van der Waals surface area contributed by atoms with Gasteiger partial charge in [-0.3, -0.25) is 4.90 Å². The van der Waals surface area contributed by atoms with E-state index in [2.05, 4.69) is 27.4 Å². The van der Waals surface area contributed by atoms with Crippen LogP contribution in [0.3, 0.4) is 0 Å². The maximum absolute atomic E-state index is 12.0. The number of carbonyl (C=O) groups excluding carboxylic acids is 1. The summed E-state index contributed by atoms with van der Waals surface area (Å²) in [6, 6.07) is 3.72. The monoisotopic (exact) mass is 292 g/mol. The van der Waals surface area contributed by atoms with E-state index in [1.54, 1.807) is 18.3 Å². The van der Waals surface area contributed by atoms with Gasteiger partial charge < -0.3 is 15.4 Å². The molecule has 0 saturated carbocycles. The summed E-state index contributed by atoms with van der Waals surface area (Å²) < 4.78 is 5.11. The number of rotatable bonds is 6. The lowest BCUT2D eigenvalue weighted by atomic mass is 10.2. The predicted molar refractivity (Wildman–Crippen MR) is 82.7 cm³/mol. The molecule has 1 aromatic heterocycles. The number of ether oxygens (including phenoxy) is 1. The van der Waals surface area contributed by atoms with Crippen LogP contribution in [0, 0.1) is 0 Å². The van der Waals surface area contributed by atoms with Gasteiger partial charge in [-0.05, 0) is 44.5 Å². The van der Waals surface area contributed by atoms with Crippen LogP contribution in [0.15, 0.2) is 18.3 Å². The number of hydrogen-bond acceptors (Lipinski definition) is 4. The van der Waals surface area contributed by atoms with Crippen LogP contribution in [-0.4, -0.2) is 48.7 Å². The molecule has 1 atom stereocenters. The van der Waals surface area contributed by atoms with Gasteiger partial charge >= 0.3 is 6.03 Å². The molecule has 6 heteroatoms. The molecule has 1 saturated heterocycles. The number of nitrogens with zero attached hydrogens (tertiary/aromatic N) is 2. The molecular formula is C15H24N4O2. The molecule has 0 aliphatic carbocycles. The molecule has 2 rings (SSSR count). The summed E-state index contributed by atoms with van der Waals surface area (Å²) in [4.78, 5) is 18.5. The van der Waals surface area contributed by atoms with Crippen LogP contribution in [-0.2, 0) is 0 Å². The molecule has 21 heavy (non-hydrogen) atoms. The maximum Gasteiger partial charge on any atom is 0.319 e. The zero-order valence-electron chi connectivity index (χ0n) is 12.8. The van der Waals surface area contributed by atoms with Crippen molar-refractivity contribution >= 4 is 11.7 Å². The highest BCUT2D eigenvalue weighted by Gasteiger charge is 2.20. The molecule has 0 aromatic carbocycles. The number of aromatic nitrogens is 1. The Morgan fingerprint density at radius 2 is 2.24 bits per heavy atom. The second-order valence-electron chi connectivity index (χ2n) is 5.20. The van der Waals surface area contributed by atoms with Crippen LogP contribution < -0.4 is 15.4 Å². The third-order valence-corrected chi connectivity index (χ3v) is 3.84. The molecule has 1 aliphatic heterocycles. The molecular weight excluding hydrogens is 268 g/mol. The number of amides is 2. The number of methoxy groups -OCH3 is 1. The molecule has 0 unspecified atom stereocenters. The minimum Gasteiger partial charge on any atom is -0.480 e. The Hall–Kier alpha value is -1.82. The van der Waals surface area contributed by atoms with Crippen LogP contribution in [0.4, 0.5) is 10.5 Å². The Balaban J connectivity index is 1.83. The number of hydrogen-bond donors (Lipinski definition) is 2. The Kier molecular flexibility index (Phi) is 5.80. The summed E-state index contributed by atoms with van der Waals surface area (Å²) in [6.45, 7) is 5.09. The zero-order valence-corrected chi connectivity index (χ0v) is 12.8. The highest BCUT2D eigenvalue weighted by atomic mass is 16.5. The minimum atomic E-state index is -0.223. The summed E-state index contributed by atoms with van der Waals surface area (Å²) in [6.07, 6.45) is 5.18. The molecule has 0 bridgehead atoms. The first-order chi connectivity index (χ1) is 10.2. The maximum atomic E-state index is 12.0. The van der Waals surface area contributed by atoms with Gasteiger partial charge in [0.25, 0.3) is 0 Å². The number of anilines is 1. The number of nitrogens with one attached hydrogen (secondary N) is 2. The molecule has 1 aliphatic rings. The van der Waals surface area contributed by atoms with Gasteiger partial charge in [0, 0.05) is 18.8 Å². The van der Waals surface area contributed by atoms with Gasteiger partial charge in [0.05, 0.1) is 7.11 Å². The standard InChI is InChI=1S/C15H24N4O2/c1-3-12(19-9-4-5-10-19)11-17-15(20)18-13-7-6-8-16-14(13)21-2/h6-8,12H,3-5,9-11H2,1-2H3,(H2,17,18,20)/t12-/m1/s1. The largest absolute Gasteiger partial charge is 0.480 e. The summed E-state index contributed by atoms with van der Waals surface area (Å²) in [5.74, 6) is 0.416. The van der Waals surface area contributed by atoms with Crippen molar-refractivity contribution in [1.29, 1.82) is 0 Å². The predicted octanol–water partition coefficient (Wildman–Crippen LogP) is 2.09. The third kappa shape index (κ3) is 4.32. The van der Waals surface area contributed by atoms with Crippen molar-refractivity contribution in [3.8, 4) is 5.88 Å². The summed E-state index contributed by atoms with van der Waals surface area (Å²) in [7, 11) is 1.53. The first-order valence-corrected chi connectivity index (χ1v) is 7.52. The quantitative estimate of drug-likeness (QED) is 0.842. The van der Waals surface area contributed by atoms with E-state index in [1.165, 1.54) is 20.0 Å². The van der Waals surface area contributed by atoms with Crippen molar-refractivity contribution < 1.29 is 9.53 Å². The van der Waals surface area contributed by atoms with E-state index in [0.717, 1.165) is 19.5 Å². The minimum absolute atomic E-state index is 0.223. The van der Waals surface area contributed by atoms with Crippen molar-refractivity contribution in [3.05, 3.63) is 18.3 Å². The van der Waals surface area contributed by atoms with Crippen molar-refractivity contribution in [2.75, 3.05) is 32.1 Å². The highest BCUT2D eigenvalue weighted by molar-refractivity contribution is 5.90. The zero-order chi connectivity index (χ0) is 15.1. The van der Waals surface area contributed by atoms with E-state index in [1.807, 2.05) is 0 Å². The van der Waals surface area contributed by atoms with Crippen LogP contribution in [0.1, 0.15) is 26.2 Å². The molecule has 0 radical (unpaired) electrons. The molecule has 2 amide bonds. The number of urea groups is 1. The molecule has 2 heterocycles. The molecule has 2 N–H and O–H groups in total. The summed E-state index contributed by atoms with van der Waals surface area (Å²) in [5.41, 5.74) is 0.576. The highest BCUT2D eigenvalue weighted by Crippen LogP contribution is 2.19. The van der Waals surface area contributed by atoms with E-state index >= 15 is 0 Å². The third-order valence-electron chi connectivity index (χ3n) is 3.84. The number of carbonyl (C=O) groups is 1. The second kappa shape index (κ2) is 7.83. The van der Waals surface area contributed by atoms with Gasteiger partial charge in [-0.25, -0.2) is 9.78 Å². The van der Waals surface area contributed by atoms with E-state index in [0.29, 0.717) is 24.2 Å². The Labute approximate surface area is 125 Å². The SMILES string of the molecule is CC[C@H](CNC(=O)Nc1cccnc1OC)N1CCCC1. The first kappa shape index (κ1) is 15.6. The first-order valence-electron chi connectivity index (χ1n) is 7.52. The lowest BCUT2D eigenvalue weighted by Crippen LogP contribution is -2.43. The molecule has 116 valence electrons. The number of pyridine rings is 1. The van der Waals surface area contributed by atoms with Gasteiger partial charge in [0.2, 0.25) is 5.88 Å². The average molecular weight is 292 g/mol. The molecule has 1 fully saturated rings. The van der Waals surface area contributed by atoms with E-state index in [4.69, 9.17) is 4.74 Å². The van der Waals surface area contributed by atoms with Crippen molar-refractivity contribution in [3.63, 3.8) is 0 Å². The van der Waals surface area contributed by atoms with Gasteiger partial charge in [0.1, 0.15) is 5.69 Å². The van der Waals surface area contributed by atoms with Gasteiger partial charge in [-0.1, -0.05) is 6.92 Å². The second-order valence-corrected chi connectivity index (χ2v) is 5.20. The van der Waals surface area contributed by atoms with E-state index < -0.39 is 0 Å². The van der Waals surface area contributed by atoms with Gasteiger partial charge in [-0.15, -0.1) is 0 Å². The Morgan fingerprint density at radius 3 is 2.90 bits per heavy atom. The van der Waals surface area contributed by atoms with Crippen LogP contribution in [0.5, 0.6) is 5.88 Å². The van der Waals surface area contributed by atoms with Gasteiger partial charge in [-0.2, -0.15) is 0 Å². The number of likely N-dealkylation sites (tertiary alicyclic amines) is 1. The van der Waals surface area contributed by atoms with Crippen molar-refractivity contribution in [1.82, 2.24) is 15.2 Å². The Morgan fingerprint density at radius 1 is 1.48 bits per heavy atom. The van der Waals surface area contributed by atoms with E-state index in [9.17, 15) is 4.79 Å². The fraction of sp³-hybridized carbons (Fsp3) is 0.600. The van der Waals surface area contributed by atoms with Crippen LogP contribution in [0.25, 0.3) is 0 Å². The van der Waals surface area contributed by atoms with Crippen molar-refractivity contribution in [2.24, 2.45) is 0 Å². The summed E-state index contributed by atoms with van der Waals surface area (Å²) in [5, 5.41) is 5.71. The average Bonchev–Trinajstić information content (AvgIpc) is 3.03. The molecule has 6 nitrogen and oxygen atoms in total. The van der Waals surface area contributed by atoms with Gasteiger partial charge in [0.15, 0.2) is 0 Å². The fourth-order valence-electron chi connectivity index (χ4n) is 2.66. The van der Waals surface area contributed by atoms with Crippen molar-refractivity contribution in [2.45, 2.75) is 32.2 Å².